The van der Waals surface area contributed by atoms with Crippen molar-refractivity contribution >= 4 is 16.8 Å². The Hall–Kier alpha value is -1.40. The van der Waals surface area contributed by atoms with Crippen molar-refractivity contribution in [3.8, 4) is 0 Å². The van der Waals surface area contributed by atoms with Gasteiger partial charge in [-0.25, -0.2) is 4.79 Å². The second-order valence-corrected chi connectivity index (χ2v) is 7.70. The Labute approximate surface area is 141 Å². The standard InChI is InChI=1S/C17H27N3O2S/c1-23(22)11-9-18-17(21)19-12-16-8-5-10-20(14-16)13-15-6-3-2-4-7-15/h2-4,6-7,16H,5,8-14H2,1H3,(H2,18,19,21). The Morgan fingerprint density at radius 3 is 2.83 bits per heavy atom. The molecule has 1 aliphatic heterocycles. The number of likely N-dealkylation sites (tertiary alicyclic amines) is 1. The van der Waals surface area contributed by atoms with E-state index in [1.54, 1.807) is 6.26 Å². The minimum Gasteiger partial charge on any atom is -0.338 e. The van der Waals surface area contributed by atoms with Gasteiger partial charge < -0.3 is 10.6 Å². The van der Waals surface area contributed by atoms with Gasteiger partial charge in [0.15, 0.2) is 0 Å². The van der Waals surface area contributed by atoms with E-state index in [4.69, 9.17) is 0 Å². The molecule has 1 heterocycles. The van der Waals surface area contributed by atoms with Gasteiger partial charge in [0, 0.05) is 49.0 Å². The van der Waals surface area contributed by atoms with Crippen molar-refractivity contribution in [1.29, 1.82) is 0 Å². The van der Waals surface area contributed by atoms with Crippen LogP contribution >= 0.6 is 0 Å². The van der Waals surface area contributed by atoms with Crippen LogP contribution < -0.4 is 10.6 Å². The summed E-state index contributed by atoms with van der Waals surface area (Å²) in [6, 6.07) is 10.4. The molecular formula is C17H27N3O2S. The number of carbonyl (C=O) groups excluding carboxylic acids is 1. The lowest BCUT2D eigenvalue weighted by Gasteiger charge is -2.32. The van der Waals surface area contributed by atoms with E-state index in [-0.39, 0.29) is 6.03 Å². The monoisotopic (exact) mass is 337 g/mol. The molecule has 1 aromatic carbocycles. The van der Waals surface area contributed by atoms with Gasteiger partial charge in [0.05, 0.1) is 0 Å². The molecule has 0 aliphatic carbocycles. The van der Waals surface area contributed by atoms with Crippen LogP contribution in [0.15, 0.2) is 30.3 Å². The molecule has 23 heavy (non-hydrogen) atoms. The van der Waals surface area contributed by atoms with Crippen molar-refractivity contribution in [2.24, 2.45) is 5.92 Å². The highest BCUT2D eigenvalue weighted by Gasteiger charge is 2.20. The molecule has 6 heteroatoms. The first-order valence-corrected chi connectivity index (χ1v) is 9.94. The number of hydrogen-bond donors (Lipinski definition) is 2. The largest absolute Gasteiger partial charge is 0.338 e. The molecule has 5 nitrogen and oxygen atoms in total. The topological polar surface area (TPSA) is 61.4 Å². The van der Waals surface area contributed by atoms with Gasteiger partial charge in [0.25, 0.3) is 0 Å². The third-order valence-electron chi connectivity index (χ3n) is 4.08. The van der Waals surface area contributed by atoms with Gasteiger partial charge in [-0.3, -0.25) is 9.11 Å². The zero-order valence-corrected chi connectivity index (χ0v) is 14.6. The first-order valence-electron chi connectivity index (χ1n) is 8.21. The van der Waals surface area contributed by atoms with E-state index in [0.29, 0.717) is 24.8 Å². The molecule has 2 unspecified atom stereocenters. The lowest BCUT2D eigenvalue weighted by molar-refractivity contribution is 0.165. The van der Waals surface area contributed by atoms with Gasteiger partial charge in [-0.15, -0.1) is 0 Å². The number of amides is 2. The van der Waals surface area contributed by atoms with Crippen LogP contribution in [0, 0.1) is 5.92 Å². The molecule has 0 bridgehead atoms. The number of urea groups is 1. The molecule has 0 radical (unpaired) electrons. The van der Waals surface area contributed by atoms with Crippen LogP contribution in [-0.2, 0) is 17.3 Å². The number of rotatable bonds is 7. The summed E-state index contributed by atoms with van der Waals surface area (Å²) in [4.78, 5) is 14.2. The third kappa shape index (κ3) is 7.14. The van der Waals surface area contributed by atoms with Gasteiger partial charge in [-0.05, 0) is 30.9 Å². The molecule has 2 N–H and O–H groups in total. The van der Waals surface area contributed by atoms with Crippen LogP contribution in [0.1, 0.15) is 18.4 Å². The molecule has 1 aliphatic rings. The molecule has 128 valence electrons. The van der Waals surface area contributed by atoms with Crippen molar-refractivity contribution in [1.82, 2.24) is 15.5 Å². The molecule has 0 spiro atoms. The molecule has 1 fully saturated rings. The Balaban J connectivity index is 1.67. The summed E-state index contributed by atoms with van der Waals surface area (Å²) in [5.74, 6) is 1.00. The van der Waals surface area contributed by atoms with Crippen molar-refractivity contribution < 1.29 is 9.00 Å². The Morgan fingerprint density at radius 2 is 2.09 bits per heavy atom. The van der Waals surface area contributed by atoms with Crippen LogP contribution in [0.25, 0.3) is 0 Å². The summed E-state index contributed by atoms with van der Waals surface area (Å²) >= 11 is 0. The van der Waals surface area contributed by atoms with Gasteiger partial charge in [-0.2, -0.15) is 0 Å². The number of nitrogens with zero attached hydrogens (tertiary/aromatic N) is 1. The van der Waals surface area contributed by atoms with E-state index in [9.17, 15) is 9.00 Å². The Bertz CT molecular complexity index is 510. The molecule has 2 atom stereocenters. The zero-order valence-electron chi connectivity index (χ0n) is 13.8. The minimum absolute atomic E-state index is 0.157. The Morgan fingerprint density at radius 1 is 1.30 bits per heavy atom. The van der Waals surface area contributed by atoms with Crippen LogP contribution in [0.5, 0.6) is 0 Å². The maximum absolute atomic E-state index is 11.7. The molecule has 1 aromatic rings. The van der Waals surface area contributed by atoms with E-state index in [1.165, 1.54) is 12.0 Å². The second kappa shape index (κ2) is 9.67. The van der Waals surface area contributed by atoms with Crippen molar-refractivity contribution in [2.75, 3.05) is 38.2 Å². The summed E-state index contributed by atoms with van der Waals surface area (Å²) < 4.78 is 11.0. The number of carbonyl (C=O) groups is 1. The average molecular weight is 337 g/mol. The van der Waals surface area contributed by atoms with Gasteiger partial charge in [0.1, 0.15) is 0 Å². The van der Waals surface area contributed by atoms with Gasteiger partial charge in [-0.1, -0.05) is 30.3 Å². The predicted octanol–water partition coefficient (Wildman–Crippen LogP) is 1.58. The third-order valence-corrected chi connectivity index (χ3v) is 4.86. The van der Waals surface area contributed by atoms with Crippen LogP contribution in [0.4, 0.5) is 4.79 Å². The highest BCUT2D eigenvalue weighted by Crippen LogP contribution is 2.17. The van der Waals surface area contributed by atoms with Gasteiger partial charge in [0.2, 0.25) is 0 Å². The average Bonchev–Trinajstić information content (AvgIpc) is 2.54. The van der Waals surface area contributed by atoms with E-state index in [0.717, 1.165) is 26.1 Å². The van der Waals surface area contributed by atoms with Crippen molar-refractivity contribution in [2.45, 2.75) is 19.4 Å². The summed E-state index contributed by atoms with van der Waals surface area (Å²) in [5.41, 5.74) is 1.34. The number of benzene rings is 1. The fraction of sp³-hybridized carbons (Fsp3) is 0.588. The number of hydrogen-bond acceptors (Lipinski definition) is 3. The first kappa shape index (κ1) is 17.9. The molecule has 1 saturated heterocycles. The van der Waals surface area contributed by atoms with E-state index >= 15 is 0 Å². The highest BCUT2D eigenvalue weighted by atomic mass is 32.2. The van der Waals surface area contributed by atoms with E-state index in [2.05, 4.69) is 39.8 Å². The molecule has 0 saturated carbocycles. The van der Waals surface area contributed by atoms with Crippen molar-refractivity contribution in [3.63, 3.8) is 0 Å². The molecule has 0 aromatic heterocycles. The fourth-order valence-electron chi connectivity index (χ4n) is 2.91. The summed E-state index contributed by atoms with van der Waals surface area (Å²) in [7, 11) is -0.864. The first-order chi connectivity index (χ1) is 11.1. The van der Waals surface area contributed by atoms with Crippen molar-refractivity contribution in [3.05, 3.63) is 35.9 Å². The Kier molecular flexibility index (Phi) is 7.55. The maximum Gasteiger partial charge on any atom is 0.314 e. The maximum atomic E-state index is 11.7. The summed E-state index contributed by atoms with van der Waals surface area (Å²) in [6.07, 6.45) is 3.98. The summed E-state index contributed by atoms with van der Waals surface area (Å²) in [6.45, 7) is 4.28. The number of piperidine rings is 1. The molecule has 2 amide bonds. The van der Waals surface area contributed by atoms with Gasteiger partial charge >= 0.3 is 6.03 Å². The number of nitrogens with one attached hydrogen (secondary N) is 2. The fourth-order valence-corrected chi connectivity index (χ4v) is 3.30. The minimum atomic E-state index is -0.864. The second-order valence-electron chi connectivity index (χ2n) is 6.14. The van der Waals surface area contributed by atoms with Crippen LogP contribution in [-0.4, -0.2) is 53.3 Å². The normalized spacial score (nSPS) is 20.0. The highest BCUT2D eigenvalue weighted by molar-refractivity contribution is 7.84. The SMILES string of the molecule is CS(=O)CCNC(=O)NCC1CCCN(Cc2ccccc2)C1. The zero-order chi connectivity index (χ0) is 16.5. The molecular weight excluding hydrogens is 310 g/mol. The quantitative estimate of drug-likeness (QED) is 0.794. The lowest BCUT2D eigenvalue weighted by atomic mass is 9.97. The van der Waals surface area contributed by atoms with E-state index < -0.39 is 10.8 Å². The van der Waals surface area contributed by atoms with Crippen LogP contribution in [0.3, 0.4) is 0 Å². The lowest BCUT2D eigenvalue weighted by Crippen LogP contribution is -2.44. The van der Waals surface area contributed by atoms with E-state index in [1.807, 2.05) is 6.07 Å². The van der Waals surface area contributed by atoms with Crippen LogP contribution in [0.2, 0.25) is 0 Å². The summed E-state index contributed by atoms with van der Waals surface area (Å²) in [5, 5.41) is 5.68. The molecule has 2 rings (SSSR count). The predicted molar refractivity (Wildman–Crippen MR) is 94.8 cm³/mol. The smallest absolute Gasteiger partial charge is 0.314 e.